The molecule has 1 atom stereocenters. The SMILES string of the molecule is COc1ccc2ncc(CO)c([C@@H](O)CCC3(CC(=O)O)CCN(CCOc4cc(F)c(F)c(F)c4)CC3)c2c1. The lowest BCUT2D eigenvalue weighted by atomic mass is 9.71. The third-order valence-corrected chi connectivity index (χ3v) is 7.73. The number of methoxy groups -OCH3 is 1. The summed E-state index contributed by atoms with van der Waals surface area (Å²) in [5, 5.41) is 31.5. The van der Waals surface area contributed by atoms with Gasteiger partial charge in [-0.2, -0.15) is 0 Å². The van der Waals surface area contributed by atoms with Crippen LogP contribution in [0.3, 0.4) is 0 Å². The summed E-state index contributed by atoms with van der Waals surface area (Å²) in [7, 11) is 1.54. The third kappa shape index (κ3) is 6.83. The van der Waals surface area contributed by atoms with Crippen LogP contribution in [0.1, 0.15) is 49.3 Å². The number of aliphatic hydroxyl groups excluding tert-OH is 2. The van der Waals surface area contributed by atoms with E-state index in [-0.39, 0.29) is 25.4 Å². The molecule has 1 aliphatic heterocycles. The molecule has 40 heavy (non-hydrogen) atoms. The molecule has 0 amide bonds. The second kappa shape index (κ2) is 12.8. The van der Waals surface area contributed by atoms with Gasteiger partial charge in [0, 0.05) is 35.8 Å². The van der Waals surface area contributed by atoms with E-state index in [0.717, 1.165) is 12.1 Å². The van der Waals surface area contributed by atoms with Gasteiger partial charge in [-0.3, -0.25) is 14.7 Å². The largest absolute Gasteiger partial charge is 0.497 e. The second-order valence-electron chi connectivity index (χ2n) is 10.3. The Morgan fingerprint density at radius 1 is 1.12 bits per heavy atom. The number of fused-ring (bicyclic) bond motifs is 1. The van der Waals surface area contributed by atoms with Crippen LogP contribution in [-0.2, 0) is 11.4 Å². The molecule has 4 rings (SSSR count). The van der Waals surface area contributed by atoms with E-state index < -0.39 is 34.9 Å². The Morgan fingerprint density at radius 3 is 2.45 bits per heavy atom. The van der Waals surface area contributed by atoms with Gasteiger partial charge in [0.25, 0.3) is 0 Å². The Morgan fingerprint density at radius 2 is 1.82 bits per heavy atom. The predicted molar refractivity (Wildman–Crippen MR) is 141 cm³/mol. The zero-order valence-electron chi connectivity index (χ0n) is 22.2. The van der Waals surface area contributed by atoms with Gasteiger partial charge in [-0.15, -0.1) is 0 Å². The average Bonchev–Trinajstić information content (AvgIpc) is 2.94. The van der Waals surface area contributed by atoms with Gasteiger partial charge in [0.05, 0.1) is 31.8 Å². The third-order valence-electron chi connectivity index (χ3n) is 7.73. The molecule has 3 aromatic rings. The van der Waals surface area contributed by atoms with Crippen LogP contribution >= 0.6 is 0 Å². The standard InChI is InChI=1S/C29H33F3N2O6/c1-39-19-2-3-24-21(12-19)27(18(17-35)16-33-24)25(36)4-5-29(15-26(37)38)6-8-34(9-7-29)10-11-40-20-13-22(30)28(32)23(31)14-20/h2-3,12-14,16,25,35-36H,4-11,15,17H2,1H3,(H,37,38)/t25-/m0/s1. The summed E-state index contributed by atoms with van der Waals surface area (Å²) < 4.78 is 50.7. The van der Waals surface area contributed by atoms with Crippen molar-refractivity contribution in [2.45, 2.75) is 44.8 Å². The van der Waals surface area contributed by atoms with Gasteiger partial charge in [0.2, 0.25) is 0 Å². The molecule has 0 aliphatic carbocycles. The number of ether oxygens (including phenoxy) is 2. The lowest BCUT2D eigenvalue weighted by molar-refractivity contribution is -0.141. The number of carboxylic acid groups (broad SMARTS) is 1. The van der Waals surface area contributed by atoms with Crippen LogP contribution in [0.4, 0.5) is 13.2 Å². The maximum atomic E-state index is 13.4. The number of carbonyl (C=O) groups is 1. The highest BCUT2D eigenvalue weighted by molar-refractivity contribution is 5.85. The number of rotatable bonds is 12. The van der Waals surface area contributed by atoms with Crippen LogP contribution < -0.4 is 9.47 Å². The number of benzene rings is 2. The number of hydrogen-bond acceptors (Lipinski definition) is 7. The van der Waals surface area contributed by atoms with Crippen LogP contribution in [0.25, 0.3) is 10.9 Å². The highest BCUT2D eigenvalue weighted by atomic mass is 19.2. The summed E-state index contributed by atoms with van der Waals surface area (Å²) in [6, 6.07) is 6.90. The number of carboxylic acids is 1. The molecule has 2 aromatic carbocycles. The smallest absolute Gasteiger partial charge is 0.303 e. The van der Waals surface area contributed by atoms with E-state index in [1.807, 2.05) is 0 Å². The van der Waals surface area contributed by atoms with Crippen molar-refractivity contribution in [2.75, 3.05) is 33.4 Å². The highest BCUT2D eigenvalue weighted by Gasteiger charge is 2.37. The number of nitrogens with zero attached hydrogens (tertiary/aromatic N) is 2. The number of piperidine rings is 1. The topological polar surface area (TPSA) is 112 Å². The molecule has 3 N–H and O–H groups in total. The van der Waals surface area contributed by atoms with E-state index >= 15 is 0 Å². The molecule has 1 aliphatic rings. The molecule has 0 saturated carbocycles. The summed E-state index contributed by atoms with van der Waals surface area (Å²) in [6.07, 6.45) is 2.44. The van der Waals surface area contributed by atoms with Gasteiger partial charge in [-0.05, 0) is 68.0 Å². The lowest BCUT2D eigenvalue weighted by Gasteiger charge is -2.41. The molecule has 0 bridgehead atoms. The van der Waals surface area contributed by atoms with Crippen LogP contribution in [-0.4, -0.2) is 64.5 Å². The van der Waals surface area contributed by atoms with E-state index in [2.05, 4.69) is 9.88 Å². The maximum absolute atomic E-state index is 13.4. The molecule has 0 unspecified atom stereocenters. The zero-order chi connectivity index (χ0) is 28.9. The van der Waals surface area contributed by atoms with Gasteiger partial charge >= 0.3 is 5.97 Å². The summed E-state index contributed by atoms with van der Waals surface area (Å²) >= 11 is 0. The van der Waals surface area contributed by atoms with Crippen molar-refractivity contribution in [3.63, 3.8) is 0 Å². The first kappa shape index (κ1) is 29.6. The monoisotopic (exact) mass is 562 g/mol. The molecule has 0 radical (unpaired) electrons. The van der Waals surface area contributed by atoms with E-state index in [4.69, 9.17) is 9.47 Å². The van der Waals surface area contributed by atoms with Crippen molar-refractivity contribution in [2.24, 2.45) is 5.41 Å². The molecule has 0 spiro atoms. The van der Waals surface area contributed by atoms with Crippen LogP contribution in [0, 0.1) is 22.9 Å². The van der Waals surface area contributed by atoms with Gasteiger partial charge in [0.1, 0.15) is 18.1 Å². The predicted octanol–water partition coefficient (Wildman–Crippen LogP) is 4.60. The fourth-order valence-corrected chi connectivity index (χ4v) is 5.46. The Bertz CT molecular complexity index is 1320. The van der Waals surface area contributed by atoms with E-state index in [1.54, 1.807) is 18.2 Å². The van der Waals surface area contributed by atoms with Crippen molar-refractivity contribution in [3.05, 3.63) is 65.1 Å². The van der Waals surface area contributed by atoms with Gasteiger partial charge in [-0.1, -0.05) is 0 Å². The first-order chi connectivity index (χ1) is 19.1. The molecule has 8 nitrogen and oxygen atoms in total. The summed E-state index contributed by atoms with van der Waals surface area (Å²) in [5.41, 5.74) is 1.16. The fraction of sp³-hybridized carbons (Fsp3) is 0.448. The lowest BCUT2D eigenvalue weighted by Crippen LogP contribution is -2.42. The molecule has 1 aromatic heterocycles. The Hall–Kier alpha value is -3.41. The Kier molecular flexibility index (Phi) is 9.49. The number of aliphatic hydroxyl groups is 2. The first-order valence-corrected chi connectivity index (χ1v) is 13.1. The van der Waals surface area contributed by atoms with Crippen molar-refractivity contribution in [1.29, 1.82) is 0 Å². The van der Waals surface area contributed by atoms with E-state index in [9.17, 15) is 33.3 Å². The van der Waals surface area contributed by atoms with E-state index in [0.29, 0.717) is 73.1 Å². The minimum absolute atomic E-state index is 0.0457. The first-order valence-electron chi connectivity index (χ1n) is 13.1. The Balaban J connectivity index is 1.40. The quantitative estimate of drug-likeness (QED) is 0.275. The maximum Gasteiger partial charge on any atom is 0.303 e. The second-order valence-corrected chi connectivity index (χ2v) is 10.3. The average molecular weight is 563 g/mol. The molecule has 2 heterocycles. The molecular weight excluding hydrogens is 529 g/mol. The Labute approximate surface area is 230 Å². The highest BCUT2D eigenvalue weighted by Crippen LogP contribution is 2.42. The van der Waals surface area contributed by atoms with Crippen molar-refractivity contribution < 1.29 is 42.8 Å². The van der Waals surface area contributed by atoms with Crippen LogP contribution in [0.2, 0.25) is 0 Å². The van der Waals surface area contributed by atoms with Gasteiger partial charge in [-0.25, -0.2) is 13.2 Å². The normalized spacial score (nSPS) is 16.1. The molecule has 216 valence electrons. The van der Waals surface area contributed by atoms with Crippen molar-refractivity contribution in [1.82, 2.24) is 9.88 Å². The molecule has 1 saturated heterocycles. The number of hydrogen-bond donors (Lipinski definition) is 3. The number of aliphatic carboxylic acids is 1. The number of aromatic nitrogens is 1. The minimum atomic E-state index is -1.55. The van der Waals surface area contributed by atoms with Gasteiger partial charge < -0.3 is 24.8 Å². The minimum Gasteiger partial charge on any atom is -0.497 e. The summed E-state index contributed by atoms with van der Waals surface area (Å²) in [5.74, 6) is -4.62. The van der Waals surface area contributed by atoms with Crippen LogP contribution in [0.15, 0.2) is 36.5 Å². The van der Waals surface area contributed by atoms with Crippen molar-refractivity contribution >= 4 is 16.9 Å². The van der Waals surface area contributed by atoms with E-state index in [1.165, 1.54) is 13.3 Å². The number of likely N-dealkylation sites (tertiary alicyclic amines) is 1. The molecule has 1 fully saturated rings. The van der Waals surface area contributed by atoms with Crippen molar-refractivity contribution in [3.8, 4) is 11.5 Å². The molecular formula is C29H33F3N2O6. The fourth-order valence-electron chi connectivity index (χ4n) is 5.46. The zero-order valence-corrected chi connectivity index (χ0v) is 22.2. The van der Waals surface area contributed by atoms with Gasteiger partial charge in [0.15, 0.2) is 17.5 Å². The van der Waals surface area contributed by atoms with Crippen LogP contribution in [0.5, 0.6) is 11.5 Å². The summed E-state index contributed by atoms with van der Waals surface area (Å²) in [6.45, 7) is 1.42. The summed E-state index contributed by atoms with van der Waals surface area (Å²) in [4.78, 5) is 18.2. The number of halogens is 3. The number of pyridine rings is 1. The molecule has 11 heteroatoms.